The molecule has 1 aromatic carbocycles. The first-order valence-corrected chi connectivity index (χ1v) is 11.1. The van der Waals surface area contributed by atoms with Crippen LogP contribution < -0.4 is 11.1 Å². The van der Waals surface area contributed by atoms with Gasteiger partial charge in [-0.25, -0.2) is 9.97 Å². The van der Waals surface area contributed by atoms with E-state index < -0.39 is 5.91 Å². The van der Waals surface area contributed by atoms with Gasteiger partial charge in [0.1, 0.15) is 11.9 Å². The third kappa shape index (κ3) is 4.35. The fraction of sp³-hybridized carbons (Fsp3) is 0.120. The van der Waals surface area contributed by atoms with Crippen molar-refractivity contribution in [3.8, 4) is 6.07 Å². The van der Waals surface area contributed by atoms with Crippen LogP contribution >= 0.6 is 11.6 Å². The fourth-order valence-electron chi connectivity index (χ4n) is 3.97. The number of nitrogens with zero attached hydrogens (tertiary/aromatic N) is 6. The zero-order valence-corrected chi connectivity index (χ0v) is 19.4. The van der Waals surface area contributed by atoms with Crippen molar-refractivity contribution in [3.05, 3.63) is 88.1 Å². The summed E-state index contributed by atoms with van der Waals surface area (Å²) in [5, 5.41) is 18.9. The van der Waals surface area contributed by atoms with Crippen molar-refractivity contribution >= 4 is 45.1 Å². The van der Waals surface area contributed by atoms with E-state index in [9.17, 15) is 10.1 Å². The number of nitrogens with two attached hydrogens (primary N) is 1. The number of carbonyl (C=O) groups is 1. The Morgan fingerprint density at radius 2 is 2.06 bits per heavy atom. The molecule has 35 heavy (non-hydrogen) atoms. The Morgan fingerprint density at radius 1 is 1.20 bits per heavy atom. The highest BCUT2D eigenvalue weighted by atomic mass is 35.5. The molecule has 4 heterocycles. The van der Waals surface area contributed by atoms with Gasteiger partial charge in [0.25, 0.3) is 5.91 Å². The quantitative estimate of drug-likeness (QED) is 0.389. The Balaban J connectivity index is 1.50. The highest BCUT2D eigenvalue weighted by Gasteiger charge is 2.21. The van der Waals surface area contributed by atoms with Gasteiger partial charge >= 0.3 is 0 Å². The Kier molecular flexibility index (Phi) is 5.73. The number of hydrogen-bond acceptors (Lipinski definition) is 7. The first kappa shape index (κ1) is 22.3. The van der Waals surface area contributed by atoms with Crippen LogP contribution in [0.1, 0.15) is 33.0 Å². The molecule has 0 saturated heterocycles. The van der Waals surface area contributed by atoms with Gasteiger partial charge in [-0.15, -0.1) is 0 Å². The number of aromatic nitrogens is 5. The maximum Gasteiger partial charge on any atom is 0.272 e. The molecule has 0 aliphatic carbocycles. The molecule has 0 aliphatic rings. The minimum absolute atomic E-state index is 0.135. The molecule has 0 atom stereocenters. The SMILES string of the molecule is Cc1nc(N)ccc1CNC(=O)c1nn(Cc2ccc3ncc(Cl)cc3c2)c2ccnc(C#N)c12. The van der Waals surface area contributed by atoms with Crippen LogP contribution in [0.3, 0.4) is 0 Å². The van der Waals surface area contributed by atoms with Crippen molar-refractivity contribution in [3.63, 3.8) is 0 Å². The van der Waals surface area contributed by atoms with E-state index in [-0.39, 0.29) is 17.9 Å². The number of nitriles is 1. The number of benzene rings is 1. The molecule has 0 aliphatic heterocycles. The molecule has 0 saturated carbocycles. The largest absolute Gasteiger partial charge is 0.384 e. The average Bonchev–Trinajstić information content (AvgIpc) is 3.21. The maximum atomic E-state index is 13.2. The van der Waals surface area contributed by atoms with Gasteiger partial charge in [-0.1, -0.05) is 23.7 Å². The average molecular weight is 483 g/mol. The molecule has 10 heteroatoms. The molecule has 0 fully saturated rings. The first-order chi connectivity index (χ1) is 16.9. The van der Waals surface area contributed by atoms with Crippen LogP contribution in [0.2, 0.25) is 5.02 Å². The number of aryl methyl sites for hydroxylation is 1. The van der Waals surface area contributed by atoms with Crippen molar-refractivity contribution in [2.75, 3.05) is 5.73 Å². The van der Waals surface area contributed by atoms with Gasteiger partial charge in [0, 0.05) is 30.0 Å². The Morgan fingerprint density at radius 3 is 2.86 bits per heavy atom. The van der Waals surface area contributed by atoms with E-state index >= 15 is 0 Å². The zero-order valence-electron chi connectivity index (χ0n) is 18.7. The van der Waals surface area contributed by atoms with Crippen molar-refractivity contribution in [2.24, 2.45) is 0 Å². The van der Waals surface area contributed by atoms with Crippen LogP contribution in [0.5, 0.6) is 0 Å². The molecule has 0 bridgehead atoms. The molecule has 9 nitrogen and oxygen atoms in total. The van der Waals surface area contributed by atoms with Crippen molar-refractivity contribution in [1.29, 1.82) is 5.26 Å². The molecule has 0 unspecified atom stereocenters. The Hall–Kier alpha value is -4.55. The van der Waals surface area contributed by atoms with E-state index in [0.29, 0.717) is 28.3 Å². The molecule has 3 N–H and O–H groups in total. The minimum Gasteiger partial charge on any atom is -0.384 e. The normalized spacial score (nSPS) is 11.0. The summed E-state index contributed by atoms with van der Waals surface area (Å²) in [6.45, 7) is 2.45. The zero-order chi connectivity index (χ0) is 24.5. The summed E-state index contributed by atoms with van der Waals surface area (Å²) in [5.74, 6) is 0.00256. The number of halogens is 1. The second-order valence-electron chi connectivity index (χ2n) is 8.02. The van der Waals surface area contributed by atoms with Crippen LogP contribution in [0.25, 0.3) is 21.8 Å². The number of carbonyl (C=O) groups excluding carboxylic acids is 1. The third-order valence-electron chi connectivity index (χ3n) is 5.69. The number of nitrogen functional groups attached to an aromatic ring is 1. The van der Waals surface area contributed by atoms with Crippen LogP contribution in [-0.4, -0.2) is 30.6 Å². The number of pyridine rings is 3. The summed E-state index contributed by atoms with van der Waals surface area (Å²) < 4.78 is 1.70. The number of rotatable bonds is 5. The molecular formula is C25H19ClN8O. The van der Waals surface area contributed by atoms with E-state index in [1.165, 1.54) is 6.20 Å². The molecule has 0 spiro atoms. The summed E-state index contributed by atoms with van der Waals surface area (Å²) in [6, 6.07) is 15.0. The van der Waals surface area contributed by atoms with Gasteiger partial charge in [0.05, 0.1) is 28.0 Å². The minimum atomic E-state index is -0.413. The van der Waals surface area contributed by atoms with Crippen molar-refractivity contribution < 1.29 is 4.79 Å². The maximum absolute atomic E-state index is 13.2. The van der Waals surface area contributed by atoms with Crippen LogP contribution in [-0.2, 0) is 13.1 Å². The van der Waals surface area contributed by atoms with E-state index in [0.717, 1.165) is 27.7 Å². The highest BCUT2D eigenvalue weighted by molar-refractivity contribution is 6.31. The summed E-state index contributed by atoms with van der Waals surface area (Å²) in [5.41, 5.74) is 9.95. The first-order valence-electron chi connectivity index (χ1n) is 10.7. The van der Waals surface area contributed by atoms with Gasteiger partial charge in [0.15, 0.2) is 11.4 Å². The number of amides is 1. The monoisotopic (exact) mass is 482 g/mol. The molecular weight excluding hydrogens is 464 g/mol. The summed E-state index contributed by atoms with van der Waals surface area (Å²) >= 11 is 6.10. The van der Waals surface area contributed by atoms with E-state index in [4.69, 9.17) is 17.3 Å². The number of hydrogen-bond donors (Lipinski definition) is 2. The lowest BCUT2D eigenvalue weighted by Crippen LogP contribution is -2.24. The lowest BCUT2D eigenvalue weighted by Gasteiger charge is -2.07. The second-order valence-corrected chi connectivity index (χ2v) is 8.45. The van der Waals surface area contributed by atoms with Gasteiger partial charge in [-0.3, -0.25) is 14.5 Å². The molecule has 0 radical (unpaired) electrons. The predicted molar refractivity (Wildman–Crippen MR) is 133 cm³/mol. The topological polar surface area (TPSA) is 135 Å². The van der Waals surface area contributed by atoms with Crippen molar-refractivity contribution in [1.82, 2.24) is 30.0 Å². The number of fused-ring (bicyclic) bond motifs is 2. The standard InChI is InChI=1S/C25H19ClN8O/c1-14-16(3-5-22(28)32-14)11-31-25(35)24-23-20(10-27)29-7-6-21(23)34(33-24)13-15-2-4-19-17(8-15)9-18(26)12-30-19/h2-9,12H,11,13H2,1H3,(H2,28,32)(H,31,35). The van der Waals surface area contributed by atoms with Crippen LogP contribution in [0.4, 0.5) is 5.82 Å². The third-order valence-corrected chi connectivity index (χ3v) is 5.89. The van der Waals surface area contributed by atoms with E-state index in [1.54, 1.807) is 23.0 Å². The summed E-state index contributed by atoms with van der Waals surface area (Å²) in [6.07, 6.45) is 3.14. The lowest BCUT2D eigenvalue weighted by molar-refractivity contribution is 0.0946. The van der Waals surface area contributed by atoms with Gasteiger partial charge < -0.3 is 11.1 Å². The molecule has 172 valence electrons. The van der Waals surface area contributed by atoms with E-state index in [1.807, 2.05) is 37.3 Å². The molecule has 1 amide bonds. The van der Waals surface area contributed by atoms with Gasteiger partial charge in [-0.2, -0.15) is 10.4 Å². The van der Waals surface area contributed by atoms with Crippen LogP contribution in [0.15, 0.2) is 54.9 Å². The van der Waals surface area contributed by atoms with Gasteiger partial charge in [0.2, 0.25) is 0 Å². The molecule has 5 aromatic rings. The predicted octanol–water partition coefficient (Wildman–Crippen LogP) is 3.77. The van der Waals surface area contributed by atoms with Gasteiger partial charge in [-0.05, 0) is 48.4 Å². The second kappa shape index (κ2) is 9.00. The highest BCUT2D eigenvalue weighted by Crippen LogP contribution is 2.24. The van der Waals surface area contributed by atoms with Crippen LogP contribution in [0, 0.1) is 18.3 Å². The van der Waals surface area contributed by atoms with Crippen molar-refractivity contribution in [2.45, 2.75) is 20.0 Å². The fourth-order valence-corrected chi connectivity index (χ4v) is 4.14. The molecule has 4 aromatic heterocycles. The summed E-state index contributed by atoms with van der Waals surface area (Å²) in [7, 11) is 0. The Labute approximate surface area is 205 Å². The van der Waals surface area contributed by atoms with E-state index in [2.05, 4.69) is 31.4 Å². The number of nitrogens with one attached hydrogen (secondary N) is 1. The lowest BCUT2D eigenvalue weighted by atomic mass is 10.1. The Bertz CT molecular complexity index is 1650. The molecule has 5 rings (SSSR count). The smallest absolute Gasteiger partial charge is 0.272 e. The number of anilines is 1. The summed E-state index contributed by atoms with van der Waals surface area (Å²) in [4.78, 5) is 25.8.